The Balaban J connectivity index is 1.86. The Morgan fingerprint density at radius 2 is 1.80 bits per heavy atom. The van der Waals surface area contributed by atoms with E-state index in [2.05, 4.69) is 63.0 Å². The summed E-state index contributed by atoms with van der Waals surface area (Å²) in [7, 11) is -1.80. The lowest BCUT2D eigenvalue weighted by Gasteiger charge is -2.50. The molecule has 1 aromatic rings. The highest BCUT2D eigenvalue weighted by Crippen LogP contribution is 2.44. The van der Waals surface area contributed by atoms with E-state index < -0.39 is 8.32 Å². The van der Waals surface area contributed by atoms with E-state index in [1.165, 1.54) is 5.56 Å². The van der Waals surface area contributed by atoms with Crippen LogP contribution in [0.15, 0.2) is 30.3 Å². The molecule has 2 aliphatic heterocycles. The van der Waals surface area contributed by atoms with Crippen LogP contribution in [0.4, 0.5) is 0 Å². The number of carbonyl (C=O) groups is 1. The van der Waals surface area contributed by atoms with Crippen LogP contribution in [0.1, 0.15) is 64.5 Å². The van der Waals surface area contributed by atoms with Gasteiger partial charge in [0, 0.05) is 18.6 Å². The lowest BCUT2D eigenvalue weighted by Crippen LogP contribution is -2.54. The topological polar surface area (TPSA) is 29.5 Å². The maximum absolute atomic E-state index is 12.7. The Kier molecular flexibility index (Phi) is 5.13. The van der Waals surface area contributed by atoms with Crippen molar-refractivity contribution in [2.45, 2.75) is 89.2 Å². The van der Waals surface area contributed by atoms with E-state index in [0.29, 0.717) is 18.4 Å². The Labute approximate surface area is 153 Å². The van der Waals surface area contributed by atoms with Gasteiger partial charge in [-0.3, -0.25) is 4.79 Å². The number of benzene rings is 1. The molecule has 0 bridgehead atoms. The summed E-state index contributed by atoms with van der Waals surface area (Å²) in [5.41, 5.74) is 1.26. The highest BCUT2D eigenvalue weighted by atomic mass is 28.4. The first-order valence-electron chi connectivity index (χ1n) is 9.73. The van der Waals surface area contributed by atoms with E-state index in [-0.39, 0.29) is 17.2 Å². The lowest BCUT2D eigenvalue weighted by atomic mass is 9.84. The summed E-state index contributed by atoms with van der Waals surface area (Å²) in [6.45, 7) is 11.6. The second kappa shape index (κ2) is 6.88. The van der Waals surface area contributed by atoms with Gasteiger partial charge in [-0.05, 0) is 49.4 Å². The maximum Gasteiger partial charge on any atom is 0.223 e. The second-order valence-corrected chi connectivity index (χ2v) is 14.0. The largest absolute Gasteiger partial charge is 0.414 e. The van der Waals surface area contributed by atoms with E-state index >= 15 is 0 Å². The molecular formula is C21H33NO2Si. The molecule has 2 fully saturated rings. The molecule has 2 unspecified atom stereocenters. The van der Waals surface area contributed by atoms with Crippen LogP contribution in [0.2, 0.25) is 18.1 Å². The van der Waals surface area contributed by atoms with Gasteiger partial charge in [-0.1, -0.05) is 51.1 Å². The van der Waals surface area contributed by atoms with Crippen LogP contribution in [0.3, 0.4) is 0 Å². The van der Waals surface area contributed by atoms with Gasteiger partial charge in [0.15, 0.2) is 8.32 Å². The first-order chi connectivity index (χ1) is 11.7. The van der Waals surface area contributed by atoms with E-state index in [0.717, 1.165) is 25.7 Å². The van der Waals surface area contributed by atoms with Crippen molar-refractivity contribution in [1.29, 1.82) is 0 Å². The van der Waals surface area contributed by atoms with Crippen LogP contribution >= 0.6 is 0 Å². The summed E-state index contributed by atoms with van der Waals surface area (Å²) >= 11 is 0. The third-order valence-corrected chi connectivity index (χ3v) is 11.0. The zero-order valence-electron chi connectivity index (χ0n) is 16.4. The predicted molar refractivity (Wildman–Crippen MR) is 105 cm³/mol. The summed E-state index contributed by atoms with van der Waals surface area (Å²) in [5, 5.41) is 0.217. The molecule has 2 heterocycles. The summed E-state index contributed by atoms with van der Waals surface area (Å²) in [4.78, 5) is 14.8. The minimum atomic E-state index is -1.80. The molecule has 0 radical (unpaired) electrons. The fourth-order valence-electron chi connectivity index (χ4n) is 4.04. The Morgan fingerprint density at radius 3 is 2.44 bits per heavy atom. The quantitative estimate of drug-likeness (QED) is 0.686. The van der Waals surface area contributed by atoms with Crippen molar-refractivity contribution < 1.29 is 9.22 Å². The fourth-order valence-corrected chi connectivity index (χ4v) is 5.42. The number of hydrogen-bond donors (Lipinski definition) is 0. The van der Waals surface area contributed by atoms with Crippen molar-refractivity contribution in [2.24, 2.45) is 0 Å². The molecule has 0 aliphatic carbocycles. The van der Waals surface area contributed by atoms with E-state index in [1.807, 2.05) is 6.07 Å². The number of piperidine rings is 2. The van der Waals surface area contributed by atoms with Crippen molar-refractivity contribution in [2.75, 3.05) is 0 Å². The molecule has 1 aromatic carbocycles. The summed E-state index contributed by atoms with van der Waals surface area (Å²) in [5.74, 6) is 0.330. The molecule has 2 saturated heterocycles. The van der Waals surface area contributed by atoms with Gasteiger partial charge in [-0.2, -0.15) is 0 Å². The summed E-state index contributed by atoms with van der Waals surface area (Å²) < 4.78 is 6.78. The molecule has 0 aromatic heterocycles. The van der Waals surface area contributed by atoms with Crippen LogP contribution in [0.5, 0.6) is 0 Å². The van der Waals surface area contributed by atoms with Crippen molar-refractivity contribution in [3.05, 3.63) is 35.9 Å². The molecule has 0 spiro atoms. The van der Waals surface area contributed by atoms with Gasteiger partial charge in [-0.15, -0.1) is 0 Å². The van der Waals surface area contributed by atoms with Crippen molar-refractivity contribution in [3.8, 4) is 0 Å². The molecule has 3 atom stereocenters. The first-order valence-corrected chi connectivity index (χ1v) is 12.6. The maximum atomic E-state index is 12.7. The number of nitrogens with zero attached hydrogens (tertiary/aromatic N) is 1. The summed E-state index contributed by atoms with van der Waals surface area (Å²) in [6, 6.07) is 11.0. The highest BCUT2D eigenvalue weighted by molar-refractivity contribution is 6.74. The van der Waals surface area contributed by atoms with Gasteiger partial charge in [0.2, 0.25) is 5.91 Å². The van der Waals surface area contributed by atoms with Gasteiger partial charge in [0.05, 0.1) is 6.04 Å². The second-order valence-electron chi connectivity index (χ2n) is 9.25. The number of fused-ring (bicyclic) bond motifs is 1. The predicted octanol–water partition coefficient (Wildman–Crippen LogP) is 5.29. The molecule has 1 amide bonds. The molecule has 138 valence electrons. The fraction of sp³-hybridized carbons (Fsp3) is 0.667. The molecule has 25 heavy (non-hydrogen) atoms. The Morgan fingerprint density at radius 1 is 1.12 bits per heavy atom. The van der Waals surface area contributed by atoms with Crippen LogP contribution in [-0.2, 0) is 9.22 Å². The van der Waals surface area contributed by atoms with Gasteiger partial charge < -0.3 is 9.33 Å². The number of hydrogen-bond acceptors (Lipinski definition) is 2. The average Bonchev–Trinajstić information content (AvgIpc) is 2.53. The Bertz CT molecular complexity index is 608. The van der Waals surface area contributed by atoms with Crippen LogP contribution in [-0.4, -0.2) is 31.3 Å². The molecular weight excluding hydrogens is 326 g/mol. The van der Waals surface area contributed by atoms with Gasteiger partial charge >= 0.3 is 0 Å². The van der Waals surface area contributed by atoms with Gasteiger partial charge in [-0.25, -0.2) is 0 Å². The molecule has 0 N–H and O–H groups in total. The minimum Gasteiger partial charge on any atom is -0.414 e. The first kappa shape index (κ1) is 18.7. The van der Waals surface area contributed by atoms with Crippen LogP contribution in [0.25, 0.3) is 0 Å². The van der Waals surface area contributed by atoms with Crippen molar-refractivity contribution >= 4 is 14.2 Å². The third-order valence-electron chi connectivity index (χ3n) is 6.42. The van der Waals surface area contributed by atoms with E-state index in [1.54, 1.807) is 0 Å². The molecule has 4 heteroatoms. The Hall–Kier alpha value is -1.13. The highest BCUT2D eigenvalue weighted by Gasteiger charge is 2.45. The SMILES string of the molecule is CC(C)(C)[Si](C)(C)OC1CC(c2ccccc2)N2C(=O)CCC[C@@H]2C1. The van der Waals surface area contributed by atoms with Crippen molar-refractivity contribution in [3.63, 3.8) is 0 Å². The zero-order chi connectivity index (χ0) is 18.2. The molecule has 3 nitrogen and oxygen atoms in total. The average molecular weight is 360 g/mol. The lowest BCUT2D eigenvalue weighted by molar-refractivity contribution is -0.144. The van der Waals surface area contributed by atoms with Gasteiger partial charge in [0.1, 0.15) is 0 Å². The minimum absolute atomic E-state index is 0.169. The van der Waals surface area contributed by atoms with Crippen LogP contribution in [0, 0.1) is 0 Å². The smallest absolute Gasteiger partial charge is 0.223 e. The standard InChI is InChI=1S/C21H33NO2Si/c1-21(2,3)25(4,5)24-18-14-17-12-9-13-20(23)22(17)19(15-18)16-10-7-6-8-11-16/h6-8,10-11,17-19H,9,12-15H2,1-5H3/t17-,18?,19?/m1/s1. The molecule has 3 rings (SSSR count). The molecule has 0 saturated carbocycles. The normalized spacial score (nSPS) is 28.0. The van der Waals surface area contributed by atoms with Gasteiger partial charge in [0.25, 0.3) is 0 Å². The summed E-state index contributed by atoms with van der Waals surface area (Å²) in [6.07, 6.45) is 5.03. The van der Waals surface area contributed by atoms with Crippen molar-refractivity contribution in [1.82, 2.24) is 4.90 Å². The van der Waals surface area contributed by atoms with Crippen LogP contribution < -0.4 is 0 Å². The third kappa shape index (κ3) is 3.85. The van der Waals surface area contributed by atoms with E-state index in [4.69, 9.17) is 4.43 Å². The monoisotopic (exact) mass is 359 g/mol. The zero-order valence-corrected chi connectivity index (χ0v) is 17.4. The van der Waals surface area contributed by atoms with E-state index in [9.17, 15) is 4.79 Å². The number of rotatable bonds is 3. The molecule has 2 aliphatic rings. The number of carbonyl (C=O) groups excluding carboxylic acids is 1. The number of amides is 1.